The van der Waals surface area contributed by atoms with Crippen molar-refractivity contribution in [2.75, 3.05) is 31.2 Å². The quantitative estimate of drug-likeness (QED) is 0.669. The minimum Gasteiger partial charge on any atom is -0.378 e. The van der Waals surface area contributed by atoms with E-state index in [2.05, 4.69) is 9.98 Å². The molecule has 0 unspecified atom stereocenters. The number of thiocarbonyl (C=S) groups is 1. The van der Waals surface area contributed by atoms with Gasteiger partial charge < -0.3 is 9.64 Å². The van der Waals surface area contributed by atoms with Crippen LogP contribution in [-0.2, 0) is 4.74 Å². The van der Waals surface area contributed by atoms with Gasteiger partial charge in [-0.25, -0.2) is 14.4 Å². The van der Waals surface area contributed by atoms with Crippen LogP contribution in [0.2, 0.25) is 0 Å². The molecule has 0 spiro atoms. The molecule has 2 aliphatic heterocycles. The first-order valence-corrected chi connectivity index (χ1v) is 5.78. The molecule has 0 radical (unpaired) electrons. The highest BCUT2D eigenvalue weighted by atomic mass is 32.1. The Balaban J connectivity index is 2.07. The topological polar surface area (TPSA) is 37.2 Å². The standard InChI is InChI=1S/C11H10FN3OS/c12-7-5-8-9(14-11(17)13-8)6-10(7)15-1-3-16-4-2-15/h5-6H,1-4H2. The van der Waals surface area contributed by atoms with E-state index in [0.29, 0.717) is 42.7 Å². The second kappa shape index (κ2) is 4.12. The van der Waals surface area contributed by atoms with E-state index in [-0.39, 0.29) is 10.9 Å². The third-order valence-electron chi connectivity index (χ3n) is 2.83. The van der Waals surface area contributed by atoms with Crippen LogP contribution < -0.4 is 15.6 Å². The second-order valence-electron chi connectivity index (χ2n) is 3.90. The van der Waals surface area contributed by atoms with Gasteiger partial charge in [0.2, 0.25) is 5.11 Å². The van der Waals surface area contributed by atoms with E-state index in [0.717, 1.165) is 0 Å². The summed E-state index contributed by atoms with van der Waals surface area (Å²) in [5.74, 6) is -0.283. The number of hydrogen-bond acceptors (Lipinski definition) is 3. The van der Waals surface area contributed by atoms with Gasteiger partial charge >= 0.3 is 0 Å². The fourth-order valence-corrected chi connectivity index (χ4v) is 2.19. The monoisotopic (exact) mass is 251 g/mol. The largest absolute Gasteiger partial charge is 0.378 e. The molecule has 2 heterocycles. The minimum atomic E-state index is -0.283. The van der Waals surface area contributed by atoms with E-state index < -0.39 is 0 Å². The van der Waals surface area contributed by atoms with Gasteiger partial charge in [-0.2, -0.15) is 0 Å². The van der Waals surface area contributed by atoms with Crippen molar-refractivity contribution >= 4 is 23.0 Å². The summed E-state index contributed by atoms with van der Waals surface area (Å²) in [5, 5.41) is 1.43. The molecule has 1 aromatic rings. The van der Waals surface area contributed by atoms with Crippen molar-refractivity contribution < 1.29 is 9.13 Å². The van der Waals surface area contributed by atoms with Crippen molar-refractivity contribution in [3.8, 4) is 0 Å². The van der Waals surface area contributed by atoms with E-state index in [1.807, 2.05) is 4.90 Å². The van der Waals surface area contributed by atoms with Crippen molar-refractivity contribution in [1.29, 1.82) is 0 Å². The maximum absolute atomic E-state index is 13.9. The van der Waals surface area contributed by atoms with Crippen LogP contribution in [0.15, 0.2) is 22.1 Å². The van der Waals surface area contributed by atoms with Crippen molar-refractivity contribution in [1.82, 2.24) is 0 Å². The number of ether oxygens (including phenoxy) is 1. The summed E-state index contributed by atoms with van der Waals surface area (Å²) in [6.45, 7) is 2.63. The number of halogens is 1. The fourth-order valence-electron chi connectivity index (χ4n) is 2.00. The van der Waals surface area contributed by atoms with E-state index in [1.54, 1.807) is 6.07 Å². The summed E-state index contributed by atoms with van der Waals surface area (Å²) in [6.07, 6.45) is 0. The molecule has 2 aliphatic rings. The Labute approximate surface area is 102 Å². The van der Waals surface area contributed by atoms with Gasteiger partial charge in [0.25, 0.3) is 0 Å². The molecule has 0 atom stereocenters. The normalized spacial score (nSPS) is 18.6. The zero-order valence-electron chi connectivity index (χ0n) is 9.02. The molecule has 0 aromatic heterocycles. The maximum atomic E-state index is 13.9. The Morgan fingerprint density at radius 1 is 1.18 bits per heavy atom. The Morgan fingerprint density at radius 3 is 2.53 bits per heavy atom. The molecule has 17 heavy (non-hydrogen) atoms. The number of hydrogen-bond donors (Lipinski definition) is 0. The smallest absolute Gasteiger partial charge is 0.220 e. The molecule has 1 saturated heterocycles. The van der Waals surface area contributed by atoms with E-state index in [4.69, 9.17) is 17.0 Å². The summed E-state index contributed by atoms with van der Waals surface area (Å²) in [5.41, 5.74) is 0.552. The summed E-state index contributed by atoms with van der Waals surface area (Å²) in [7, 11) is 0. The maximum Gasteiger partial charge on any atom is 0.220 e. The minimum absolute atomic E-state index is 0.263. The van der Waals surface area contributed by atoms with Gasteiger partial charge in [0.1, 0.15) is 5.82 Å². The van der Waals surface area contributed by atoms with Crippen molar-refractivity contribution in [3.05, 3.63) is 28.7 Å². The lowest BCUT2D eigenvalue weighted by Gasteiger charge is -2.28. The number of anilines is 1. The lowest BCUT2D eigenvalue weighted by Crippen LogP contribution is -2.38. The molecular weight excluding hydrogens is 241 g/mol. The Kier molecular flexibility index (Phi) is 2.60. The first-order chi connectivity index (χ1) is 8.24. The van der Waals surface area contributed by atoms with Crippen molar-refractivity contribution in [2.45, 2.75) is 0 Å². The van der Waals surface area contributed by atoms with Crippen LogP contribution in [0.4, 0.5) is 10.1 Å². The number of rotatable bonds is 1. The molecule has 6 heteroatoms. The van der Waals surface area contributed by atoms with Crippen LogP contribution in [0, 0.1) is 5.82 Å². The highest BCUT2D eigenvalue weighted by Gasteiger charge is 2.16. The lowest BCUT2D eigenvalue weighted by molar-refractivity contribution is 0.122. The average Bonchev–Trinajstić information content (AvgIpc) is 2.68. The van der Waals surface area contributed by atoms with Crippen LogP contribution >= 0.6 is 12.2 Å². The zero-order valence-corrected chi connectivity index (χ0v) is 9.84. The average molecular weight is 251 g/mol. The van der Waals surface area contributed by atoms with E-state index in [9.17, 15) is 4.39 Å². The van der Waals surface area contributed by atoms with Crippen LogP contribution in [-0.4, -0.2) is 31.4 Å². The summed E-state index contributed by atoms with van der Waals surface area (Å²) in [6, 6.07) is 3.10. The molecule has 0 bridgehead atoms. The fraction of sp³-hybridized carbons (Fsp3) is 0.364. The second-order valence-corrected chi connectivity index (χ2v) is 4.26. The molecule has 0 saturated carbocycles. The van der Waals surface area contributed by atoms with Crippen LogP contribution in [0.5, 0.6) is 0 Å². The molecule has 3 rings (SSSR count). The SMILES string of the molecule is Fc1cc2c(cc1N1CCOCC1)=NC(=S)N=2. The number of benzene rings is 1. The van der Waals surface area contributed by atoms with Crippen LogP contribution in [0.1, 0.15) is 0 Å². The first-order valence-electron chi connectivity index (χ1n) is 5.38. The molecule has 1 fully saturated rings. The molecular formula is C11H10FN3OS. The van der Waals surface area contributed by atoms with Gasteiger partial charge in [-0.15, -0.1) is 0 Å². The van der Waals surface area contributed by atoms with E-state index in [1.165, 1.54) is 6.07 Å². The van der Waals surface area contributed by atoms with Crippen LogP contribution in [0.3, 0.4) is 0 Å². The van der Waals surface area contributed by atoms with Gasteiger partial charge in [-0.3, -0.25) is 0 Å². The number of morpholine rings is 1. The number of nitrogens with zero attached hydrogens (tertiary/aromatic N) is 3. The molecule has 0 amide bonds. The molecule has 0 aliphatic carbocycles. The lowest BCUT2D eigenvalue weighted by atomic mass is 10.2. The molecule has 1 aromatic carbocycles. The highest BCUT2D eigenvalue weighted by Crippen LogP contribution is 2.17. The highest BCUT2D eigenvalue weighted by molar-refractivity contribution is 7.80. The molecule has 4 nitrogen and oxygen atoms in total. The summed E-state index contributed by atoms with van der Waals surface area (Å²) in [4.78, 5) is 10.0. The third-order valence-corrected chi connectivity index (χ3v) is 3.01. The molecule has 0 N–H and O–H groups in total. The summed E-state index contributed by atoms with van der Waals surface area (Å²) < 4.78 is 19.2. The van der Waals surface area contributed by atoms with E-state index >= 15 is 0 Å². The van der Waals surface area contributed by atoms with Gasteiger partial charge in [0, 0.05) is 19.2 Å². The number of fused-ring (bicyclic) bond motifs is 1. The predicted molar refractivity (Wildman–Crippen MR) is 64.3 cm³/mol. The molecule has 88 valence electrons. The zero-order chi connectivity index (χ0) is 11.8. The third kappa shape index (κ3) is 1.94. The Morgan fingerprint density at radius 2 is 1.82 bits per heavy atom. The van der Waals surface area contributed by atoms with Gasteiger partial charge in [-0.05, 0) is 18.3 Å². The summed E-state index contributed by atoms with van der Waals surface area (Å²) >= 11 is 4.88. The Hall–Kier alpha value is -1.40. The van der Waals surface area contributed by atoms with Crippen molar-refractivity contribution in [3.63, 3.8) is 0 Å². The van der Waals surface area contributed by atoms with Gasteiger partial charge in [0.15, 0.2) is 0 Å². The van der Waals surface area contributed by atoms with Gasteiger partial charge in [0.05, 0.1) is 29.6 Å². The Bertz CT molecular complexity index is 595. The first kappa shape index (κ1) is 10.7. The van der Waals surface area contributed by atoms with Gasteiger partial charge in [-0.1, -0.05) is 0 Å². The predicted octanol–water partition coefficient (Wildman–Crippen LogP) is 0.200. The van der Waals surface area contributed by atoms with Crippen molar-refractivity contribution in [2.24, 2.45) is 9.98 Å². The van der Waals surface area contributed by atoms with Crippen LogP contribution in [0.25, 0.3) is 0 Å².